The Bertz CT molecular complexity index is 41.7. The van der Waals surface area contributed by atoms with Crippen LogP contribution in [0.3, 0.4) is 0 Å². The van der Waals surface area contributed by atoms with Gasteiger partial charge in [-0.05, 0) is 26.9 Å². The molecule has 0 bridgehead atoms. The first-order valence-electron chi connectivity index (χ1n) is 2.78. The average Bonchev–Trinajstić information content (AvgIpc) is 1.27. The van der Waals surface area contributed by atoms with Gasteiger partial charge in [-0.15, -0.1) is 0 Å². The quantitative estimate of drug-likeness (QED) is 0.501. The summed E-state index contributed by atoms with van der Waals surface area (Å²) in [6, 6.07) is 0. The van der Waals surface area contributed by atoms with E-state index in [1.54, 1.807) is 0 Å². The van der Waals surface area contributed by atoms with Crippen molar-refractivity contribution in [3.05, 3.63) is 0 Å². The Morgan fingerprint density at radius 3 is 1.86 bits per heavy atom. The zero-order valence-corrected chi connectivity index (χ0v) is 6.72. The summed E-state index contributed by atoms with van der Waals surface area (Å²) < 4.78 is 5.39. The fourth-order valence-corrected chi connectivity index (χ4v) is 1.63. The largest absolute Gasteiger partial charge is 1.00 e. The van der Waals surface area contributed by atoms with Crippen LogP contribution in [0.2, 0.25) is 13.1 Å². The van der Waals surface area contributed by atoms with E-state index >= 15 is 0 Å². The fourth-order valence-electron chi connectivity index (χ4n) is 0.544. The van der Waals surface area contributed by atoms with Gasteiger partial charge in [-0.3, -0.25) is 0 Å². The molecule has 0 saturated heterocycles. The van der Waals surface area contributed by atoms with E-state index in [9.17, 15) is 0 Å². The molecule has 0 aromatic rings. The minimum atomic E-state index is -0.728. The van der Waals surface area contributed by atoms with Crippen LogP contribution >= 0.6 is 0 Å². The number of hydrogen-bond donors (Lipinski definition) is 0. The highest BCUT2D eigenvalue weighted by Gasteiger charge is 1.96. The molecule has 0 N–H and O–H groups in total. The normalized spacial score (nSPS) is 11.1. The lowest BCUT2D eigenvalue weighted by Gasteiger charge is -2.08. The molecule has 0 heterocycles. The highest BCUT2D eigenvalue weighted by atomic mass is 28.3. The second kappa shape index (κ2) is 3.21. The zero-order chi connectivity index (χ0) is 5.86. The molecular formula is C5H15OSi+. The second-order valence-corrected chi connectivity index (χ2v) is 4.60. The third-order valence-corrected chi connectivity index (χ3v) is 1.63. The minimum Gasteiger partial charge on any atom is -0.418 e. The van der Waals surface area contributed by atoms with Crippen molar-refractivity contribution in [3.8, 4) is 0 Å². The standard InChI is InChI=1S/C5H14OSi/c1-5(2)6-7(3)4/h5,7H,1-4H3/p+1. The maximum absolute atomic E-state index is 5.39. The molecular weight excluding hydrogens is 104 g/mol. The zero-order valence-electron chi connectivity index (χ0n) is 6.56. The summed E-state index contributed by atoms with van der Waals surface area (Å²) in [5, 5.41) is 0. The van der Waals surface area contributed by atoms with E-state index in [-0.39, 0.29) is 1.43 Å². The third-order valence-electron chi connectivity index (χ3n) is 0.544. The van der Waals surface area contributed by atoms with Gasteiger partial charge >= 0.3 is 1.43 Å². The summed E-state index contributed by atoms with van der Waals surface area (Å²) in [6.07, 6.45) is 0.437. The van der Waals surface area contributed by atoms with Gasteiger partial charge in [-0.2, -0.15) is 0 Å². The Kier molecular flexibility index (Phi) is 3.30. The molecule has 0 aliphatic rings. The minimum absolute atomic E-state index is 0. The molecule has 0 aromatic heterocycles. The molecule has 0 atom stereocenters. The van der Waals surface area contributed by atoms with E-state index in [1.807, 2.05) is 0 Å². The van der Waals surface area contributed by atoms with Crippen molar-refractivity contribution < 1.29 is 5.85 Å². The summed E-state index contributed by atoms with van der Waals surface area (Å²) in [7, 11) is -0.728. The van der Waals surface area contributed by atoms with Gasteiger partial charge in [0.2, 0.25) is 0 Å². The molecule has 0 aliphatic carbocycles. The molecule has 0 radical (unpaired) electrons. The van der Waals surface area contributed by atoms with Crippen molar-refractivity contribution in [3.63, 3.8) is 0 Å². The Hall–Kier alpha value is 0.177. The monoisotopic (exact) mass is 119 g/mol. The molecule has 0 amide bonds. The fraction of sp³-hybridized carbons (Fsp3) is 1.00. The summed E-state index contributed by atoms with van der Waals surface area (Å²) in [4.78, 5) is 0. The van der Waals surface area contributed by atoms with E-state index in [4.69, 9.17) is 4.43 Å². The highest BCUT2D eigenvalue weighted by Crippen LogP contribution is 1.90. The van der Waals surface area contributed by atoms with Crippen LogP contribution in [0, 0.1) is 0 Å². The maximum Gasteiger partial charge on any atom is 1.00 e. The van der Waals surface area contributed by atoms with Crippen molar-refractivity contribution in [1.82, 2.24) is 0 Å². The van der Waals surface area contributed by atoms with E-state index < -0.39 is 9.04 Å². The highest BCUT2D eigenvalue weighted by molar-refractivity contribution is 6.48. The van der Waals surface area contributed by atoms with Gasteiger partial charge in [0.25, 0.3) is 0 Å². The van der Waals surface area contributed by atoms with Gasteiger partial charge in [0.1, 0.15) is 0 Å². The van der Waals surface area contributed by atoms with Gasteiger partial charge < -0.3 is 4.43 Å². The summed E-state index contributed by atoms with van der Waals surface area (Å²) in [6.45, 7) is 8.51. The van der Waals surface area contributed by atoms with Crippen LogP contribution in [0.5, 0.6) is 0 Å². The van der Waals surface area contributed by atoms with E-state index in [2.05, 4.69) is 26.9 Å². The Morgan fingerprint density at radius 2 is 1.86 bits per heavy atom. The van der Waals surface area contributed by atoms with Gasteiger partial charge in [-0.1, -0.05) is 0 Å². The van der Waals surface area contributed by atoms with Crippen LogP contribution in [-0.2, 0) is 4.43 Å². The Labute approximate surface area is 48.9 Å². The summed E-state index contributed by atoms with van der Waals surface area (Å²) >= 11 is 0. The lowest BCUT2D eigenvalue weighted by atomic mass is 10.5. The number of hydrogen-bond acceptors (Lipinski definition) is 1. The van der Waals surface area contributed by atoms with E-state index in [1.165, 1.54) is 0 Å². The van der Waals surface area contributed by atoms with Crippen molar-refractivity contribution in [2.45, 2.75) is 33.0 Å². The topological polar surface area (TPSA) is 9.23 Å². The SMILES string of the molecule is CC(C)O[SiH](C)C.[H+]. The third kappa shape index (κ3) is 6.18. The Morgan fingerprint density at radius 1 is 1.43 bits per heavy atom. The van der Waals surface area contributed by atoms with Crippen LogP contribution in [-0.4, -0.2) is 15.1 Å². The average molecular weight is 119 g/mol. The van der Waals surface area contributed by atoms with Crippen LogP contribution < -0.4 is 0 Å². The molecule has 44 valence electrons. The second-order valence-electron chi connectivity index (χ2n) is 2.23. The first kappa shape index (κ1) is 7.18. The van der Waals surface area contributed by atoms with Crippen LogP contribution in [0.25, 0.3) is 0 Å². The van der Waals surface area contributed by atoms with E-state index in [0.717, 1.165) is 0 Å². The van der Waals surface area contributed by atoms with E-state index in [0.29, 0.717) is 6.10 Å². The van der Waals surface area contributed by atoms with Crippen molar-refractivity contribution in [2.75, 3.05) is 0 Å². The first-order chi connectivity index (χ1) is 3.13. The lowest BCUT2D eigenvalue weighted by molar-refractivity contribution is 0.247. The van der Waals surface area contributed by atoms with Crippen molar-refractivity contribution in [2.24, 2.45) is 0 Å². The maximum atomic E-state index is 5.39. The molecule has 7 heavy (non-hydrogen) atoms. The summed E-state index contributed by atoms with van der Waals surface area (Å²) in [5.74, 6) is 0. The van der Waals surface area contributed by atoms with Gasteiger partial charge in [0.15, 0.2) is 9.04 Å². The van der Waals surface area contributed by atoms with Crippen LogP contribution in [0.1, 0.15) is 15.3 Å². The molecule has 0 saturated carbocycles. The van der Waals surface area contributed by atoms with Crippen molar-refractivity contribution >= 4 is 9.04 Å². The van der Waals surface area contributed by atoms with Gasteiger partial charge in [-0.25, -0.2) is 0 Å². The van der Waals surface area contributed by atoms with Crippen LogP contribution in [0.4, 0.5) is 0 Å². The molecule has 0 spiro atoms. The molecule has 1 nitrogen and oxygen atoms in total. The lowest BCUT2D eigenvalue weighted by Crippen LogP contribution is -2.13. The van der Waals surface area contributed by atoms with Crippen molar-refractivity contribution in [1.29, 1.82) is 0 Å². The summed E-state index contributed by atoms with van der Waals surface area (Å²) in [5.41, 5.74) is 0. The van der Waals surface area contributed by atoms with Gasteiger partial charge in [0.05, 0.1) is 0 Å². The smallest absolute Gasteiger partial charge is 0.418 e. The molecule has 0 aliphatic heterocycles. The molecule has 2 heteroatoms. The number of rotatable bonds is 2. The van der Waals surface area contributed by atoms with Gasteiger partial charge in [0, 0.05) is 6.10 Å². The molecule has 0 aromatic carbocycles. The molecule has 0 rings (SSSR count). The predicted molar refractivity (Wildman–Crippen MR) is 36.2 cm³/mol. The Balaban J connectivity index is 0. The molecule has 0 unspecified atom stereocenters. The molecule has 0 fully saturated rings. The van der Waals surface area contributed by atoms with Crippen LogP contribution in [0.15, 0.2) is 0 Å². The first-order valence-corrected chi connectivity index (χ1v) is 5.56. The predicted octanol–water partition coefficient (Wildman–Crippen LogP) is 1.51.